The number of tetrazole rings is 1. The lowest BCUT2D eigenvalue weighted by molar-refractivity contribution is 0.432. The second kappa shape index (κ2) is 3.18. The molecule has 0 atom stereocenters. The van der Waals surface area contributed by atoms with Crippen LogP contribution >= 0.6 is 0 Å². The predicted molar refractivity (Wildman–Crippen MR) is 43.6 cm³/mol. The molecule has 5 nitrogen and oxygen atoms in total. The molecule has 0 radical (unpaired) electrons. The molecular weight excluding hydrogens is 154 g/mol. The third-order valence-corrected chi connectivity index (χ3v) is 2.36. The second-order valence-corrected chi connectivity index (χ2v) is 3.18. The SMILES string of the molecule is Cn1nnnc1C1CCNCC1. The summed E-state index contributed by atoms with van der Waals surface area (Å²) in [4.78, 5) is 0. The molecule has 1 aliphatic heterocycles. The molecule has 1 aromatic heterocycles. The van der Waals surface area contributed by atoms with Crippen molar-refractivity contribution in [2.75, 3.05) is 13.1 Å². The van der Waals surface area contributed by atoms with Crippen molar-refractivity contribution in [3.05, 3.63) is 5.82 Å². The molecule has 0 amide bonds. The lowest BCUT2D eigenvalue weighted by atomic mass is 9.97. The molecule has 66 valence electrons. The number of nitrogens with zero attached hydrogens (tertiary/aromatic N) is 4. The van der Waals surface area contributed by atoms with Gasteiger partial charge in [0.05, 0.1) is 0 Å². The third kappa shape index (κ3) is 1.32. The Balaban J connectivity index is 2.13. The molecule has 2 heterocycles. The van der Waals surface area contributed by atoms with Crippen molar-refractivity contribution in [3.63, 3.8) is 0 Å². The zero-order valence-electron chi connectivity index (χ0n) is 7.19. The van der Waals surface area contributed by atoms with Crippen LogP contribution in [0.5, 0.6) is 0 Å². The van der Waals surface area contributed by atoms with E-state index in [1.165, 1.54) is 0 Å². The number of piperidine rings is 1. The average molecular weight is 167 g/mol. The van der Waals surface area contributed by atoms with Crippen LogP contribution in [0.1, 0.15) is 24.6 Å². The Hall–Kier alpha value is -0.970. The van der Waals surface area contributed by atoms with E-state index in [0.717, 1.165) is 31.8 Å². The number of hydrogen-bond acceptors (Lipinski definition) is 4. The summed E-state index contributed by atoms with van der Waals surface area (Å²) < 4.78 is 1.77. The van der Waals surface area contributed by atoms with Crippen molar-refractivity contribution in [1.82, 2.24) is 25.5 Å². The number of hydrogen-bond donors (Lipinski definition) is 1. The number of rotatable bonds is 1. The van der Waals surface area contributed by atoms with Gasteiger partial charge in [-0.3, -0.25) is 0 Å². The Kier molecular flexibility index (Phi) is 2.03. The van der Waals surface area contributed by atoms with Crippen LogP contribution in [0.3, 0.4) is 0 Å². The minimum atomic E-state index is 0.547. The monoisotopic (exact) mass is 167 g/mol. The highest BCUT2D eigenvalue weighted by atomic mass is 15.5. The van der Waals surface area contributed by atoms with Crippen LogP contribution < -0.4 is 5.32 Å². The quantitative estimate of drug-likeness (QED) is 0.622. The first-order valence-electron chi connectivity index (χ1n) is 4.31. The van der Waals surface area contributed by atoms with Crippen molar-refractivity contribution in [3.8, 4) is 0 Å². The maximum absolute atomic E-state index is 4.01. The van der Waals surface area contributed by atoms with Crippen LogP contribution in [0.15, 0.2) is 0 Å². The molecule has 1 fully saturated rings. The van der Waals surface area contributed by atoms with Crippen LogP contribution in [0.25, 0.3) is 0 Å². The van der Waals surface area contributed by atoms with Crippen molar-refractivity contribution in [1.29, 1.82) is 0 Å². The maximum Gasteiger partial charge on any atom is 0.154 e. The molecule has 0 aliphatic carbocycles. The van der Waals surface area contributed by atoms with E-state index in [2.05, 4.69) is 20.8 Å². The summed E-state index contributed by atoms with van der Waals surface area (Å²) in [5.74, 6) is 1.57. The van der Waals surface area contributed by atoms with Gasteiger partial charge in [-0.1, -0.05) is 0 Å². The summed E-state index contributed by atoms with van der Waals surface area (Å²) in [5.41, 5.74) is 0. The first-order valence-corrected chi connectivity index (χ1v) is 4.31. The van der Waals surface area contributed by atoms with Crippen LogP contribution in [0, 0.1) is 0 Å². The van der Waals surface area contributed by atoms with Crippen molar-refractivity contribution in [2.24, 2.45) is 7.05 Å². The zero-order valence-corrected chi connectivity index (χ0v) is 7.19. The molecule has 5 heteroatoms. The first kappa shape index (κ1) is 7.67. The molecule has 2 rings (SSSR count). The van der Waals surface area contributed by atoms with Gasteiger partial charge in [0.1, 0.15) is 0 Å². The highest BCUT2D eigenvalue weighted by Gasteiger charge is 2.19. The fourth-order valence-electron chi connectivity index (χ4n) is 1.66. The highest BCUT2D eigenvalue weighted by Crippen LogP contribution is 2.21. The summed E-state index contributed by atoms with van der Waals surface area (Å²) in [6.45, 7) is 2.16. The summed E-state index contributed by atoms with van der Waals surface area (Å²) in [5, 5.41) is 14.8. The van der Waals surface area contributed by atoms with E-state index in [0.29, 0.717) is 5.92 Å². The van der Waals surface area contributed by atoms with E-state index >= 15 is 0 Å². The standard InChI is InChI=1S/C7H13N5/c1-12-7(9-10-11-12)6-2-4-8-5-3-6/h6,8H,2-5H2,1H3. The van der Waals surface area contributed by atoms with E-state index in [4.69, 9.17) is 0 Å². The molecule has 1 aliphatic rings. The maximum atomic E-state index is 4.01. The Bertz CT molecular complexity index is 250. The Labute approximate surface area is 71.1 Å². The Morgan fingerprint density at radius 1 is 1.42 bits per heavy atom. The van der Waals surface area contributed by atoms with E-state index in [1.54, 1.807) is 4.68 Å². The van der Waals surface area contributed by atoms with Crippen molar-refractivity contribution < 1.29 is 0 Å². The van der Waals surface area contributed by atoms with Crippen LogP contribution in [-0.2, 0) is 7.05 Å². The van der Waals surface area contributed by atoms with E-state index in [-0.39, 0.29) is 0 Å². The van der Waals surface area contributed by atoms with Gasteiger partial charge in [0.25, 0.3) is 0 Å². The van der Waals surface area contributed by atoms with Gasteiger partial charge in [-0.15, -0.1) is 5.10 Å². The molecule has 0 spiro atoms. The molecule has 0 saturated carbocycles. The predicted octanol–water partition coefficient (Wildman–Crippen LogP) is -0.323. The average Bonchev–Trinajstić information content (AvgIpc) is 2.53. The first-order chi connectivity index (χ1) is 5.88. The summed E-state index contributed by atoms with van der Waals surface area (Å²) in [6.07, 6.45) is 2.29. The van der Waals surface area contributed by atoms with Gasteiger partial charge < -0.3 is 5.32 Å². The van der Waals surface area contributed by atoms with E-state index < -0.39 is 0 Å². The summed E-state index contributed by atoms with van der Waals surface area (Å²) in [6, 6.07) is 0. The molecule has 1 N–H and O–H groups in total. The Morgan fingerprint density at radius 2 is 2.17 bits per heavy atom. The third-order valence-electron chi connectivity index (χ3n) is 2.36. The molecule has 0 bridgehead atoms. The summed E-state index contributed by atoms with van der Waals surface area (Å²) >= 11 is 0. The van der Waals surface area contributed by atoms with E-state index in [1.807, 2.05) is 7.05 Å². The van der Waals surface area contributed by atoms with Crippen molar-refractivity contribution in [2.45, 2.75) is 18.8 Å². The minimum absolute atomic E-state index is 0.547. The largest absolute Gasteiger partial charge is 0.317 e. The fraction of sp³-hybridized carbons (Fsp3) is 0.857. The van der Waals surface area contributed by atoms with Gasteiger partial charge >= 0.3 is 0 Å². The zero-order chi connectivity index (χ0) is 8.39. The van der Waals surface area contributed by atoms with E-state index in [9.17, 15) is 0 Å². The van der Waals surface area contributed by atoms with Crippen LogP contribution in [-0.4, -0.2) is 33.3 Å². The normalized spacial score (nSPS) is 19.8. The van der Waals surface area contributed by atoms with Gasteiger partial charge in [-0.25, -0.2) is 4.68 Å². The Morgan fingerprint density at radius 3 is 2.75 bits per heavy atom. The highest BCUT2D eigenvalue weighted by molar-refractivity contribution is 4.95. The number of nitrogens with one attached hydrogen (secondary N) is 1. The van der Waals surface area contributed by atoms with Crippen LogP contribution in [0.4, 0.5) is 0 Å². The van der Waals surface area contributed by atoms with Crippen LogP contribution in [0.2, 0.25) is 0 Å². The van der Waals surface area contributed by atoms with Crippen molar-refractivity contribution >= 4 is 0 Å². The second-order valence-electron chi connectivity index (χ2n) is 3.18. The molecular formula is C7H13N5. The lowest BCUT2D eigenvalue weighted by Gasteiger charge is -2.20. The minimum Gasteiger partial charge on any atom is -0.317 e. The molecule has 1 saturated heterocycles. The lowest BCUT2D eigenvalue weighted by Crippen LogP contribution is -2.27. The molecule has 0 aromatic carbocycles. The van der Waals surface area contributed by atoms with Gasteiger partial charge in [0.2, 0.25) is 0 Å². The number of aromatic nitrogens is 4. The molecule has 12 heavy (non-hydrogen) atoms. The topological polar surface area (TPSA) is 55.6 Å². The fourth-order valence-corrected chi connectivity index (χ4v) is 1.66. The van der Waals surface area contributed by atoms with Gasteiger partial charge in [0, 0.05) is 13.0 Å². The molecule has 0 unspecified atom stereocenters. The van der Waals surface area contributed by atoms with Gasteiger partial charge in [0.15, 0.2) is 5.82 Å². The number of aryl methyl sites for hydroxylation is 1. The summed E-state index contributed by atoms with van der Waals surface area (Å²) in [7, 11) is 1.90. The molecule has 1 aromatic rings. The smallest absolute Gasteiger partial charge is 0.154 e. The van der Waals surface area contributed by atoms with Gasteiger partial charge in [-0.2, -0.15) is 0 Å². The van der Waals surface area contributed by atoms with Gasteiger partial charge in [-0.05, 0) is 36.4 Å².